The summed E-state index contributed by atoms with van der Waals surface area (Å²) in [6.07, 6.45) is 7.70. The number of anilines is 1. The van der Waals surface area contributed by atoms with Crippen molar-refractivity contribution in [2.24, 2.45) is 5.41 Å². The SMILES string of the molecule is CC1(C)C=CN(C(=O)CNc2ccccc2)C=C1. The van der Waals surface area contributed by atoms with Crippen molar-refractivity contribution in [2.75, 3.05) is 11.9 Å². The van der Waals surface area contributed by atoms with Crippen molar-refractivity contribution in [2.45, 2.75) is 13.8 Å². The third kappa shape index (κ3) is 3.23. The number of benzene rings is 1. The van der Waals surface area contributed by atoms with E-state index in [1.54, 1.807) is 4.90 Å². The van der Waals surface area contributed by atoms with Crippen LogP contribution in [-0.4, -0.2) is 17.4 Å². The van der Waals surface area contributed by atoms with Crippen LogP contribution in [0.1, 0.15) is 13.8 Å². The molecule has 1 aromatic rings. The second kappa shape index (κ2) is 5.08. The number of allylic oxidation sites excluding steroid dienone is 2. The van der Waals surface area contributed by atoms with Crippen LogP contribution in [0.15, 0.2) is 54.9 Å². The van der Waals surface area contributed by atoms with Gasteiger partial charge in [-0.1, -0.05) is 44.2 Å². The molecule has 0 aromatic heterocycles. The van der Waals surface area contributed by atoms with E-state index in [0.29, 0.717) is 6.54 Å². The largest absolute Gasteiger partial charge is 0.376 e. The molecule has 1 heterocycles. The molecular weight excluding hydrogens is 224 g/mol. The molecule has 1 aliphatic rings. The van der Waals surface area contributed by atoms with E-state index in [-0.39, 0.29) is 11.3 Å². The third-order valence-electron chi connectivity index (χ3n) is 2.83. The van der Waals surface area contributed by atoms with Crippen LogP contribution >= 0.6 is 0 Å². The van der Waals surface area contributed by atoms with Gasteiger partial charge in [0, 0.05) is 23.5 Å². The van der Waals surface area contributed by atoms with Crippen molar-refractivity contribution in [1.82, 2.24) is 4.90 Å². The fraction of sp³-hybridized carbons (Fsp3) is 0.267. The Morgan fingerprint density at radius 3 is 2.39 bits per heavy atom. The van der Waals surface area contributed by atoms with E-state index in [1.165, 1.54) is 0 Å². The highest BCUT2D eigenvalue weighted by Crippen LogP contribution is 2.23. The summed E-state index contributed by atoms with van der Waals surface area (Å²) in [5.74, 6) is 0.0295. The van der Waals surface area contributed by atoms with Crippen LogP contribution in [0.5, 0.6) is 0 Å². The first-order valence-electron chi connectivity index (χ1n) is 6.06. The molecule has 18 heavy (non-hydrogen) atoms. The van der Waals surface area contributed by atoms with E-state index in [2.05, 4.69) is 19.2 Å². The summed E-state index contributed by atoms with van der Waals surface area (Å²) in [5, 5.41) is 3.10. The van der Waals surface area contributed by atoms with Crippen LogP contribution in [0.2, 0.25) is 0 Å². The first kappa shape index (κ1) is 12.4. The number of hydrogen-bond acceptors (Lipinski definition) is 2. The van der Waals surface area contributed by atoms with Gasteiger partial charge in [-0.2, -0.15) is 0 Å². The van der Waals surface area contributed by atoms with Crippen LogP contribution in [-0.2, 0) is 4.79 Å². The van der Waals surface area contributed by atoms with E-state index in [4.69, 9.17) is 0 Å². The average Bonchev–Trinajstić information content (AvgIpc) is 2.37. The van der Waals surface area contributed by atoms with Gasteiger partial charge in [-0.05, 0) is 12.1 Å². The van der Waals surface area contributed by atoms with Gasteiger partial charge in [0.1, 0.15) is 0 Å². The van der Waals surface area contributed by atoms with Gasteiger partial charge in [-0.25, -0.2) is 0 Å². The summed E-state index contributed by atoms with van der Waals surface area (Å²) >= 11 is 0. The predicted molar refractivity (Wildman–Crippen MR) is 73.8 cm³/mol. The van der Waals surface area contributed by atoms with E-state index in [9.17, 15) is 4.79 Å². The Morgan fingerprint density at radius 1 is 1.17 bits per heavy atom. The van der Waals surface area contributed by atoms with Gasteiger partial charge < -0.3 is 5.32 Å². The minimum Gasteiger partial charge on any atom is -0.376 e. The smallest absolute Gasteiger partial charge is 0.249 e. The summed E-state index contributed by atoms with van der Waals surface area (Å²) in [6, 6.07) is 9.72. The Hall–Kier alpha value is -2.03. The zero-order valence-electron chi connectivity index (χ0n) is 10.8. The van der Waals surface area contributed by atoms with E-state index in [0.717, 1.165) is 5.69 Å². The molecule has 1 N–H and O–H groups in total. The highest BCUT2D eigenvalue weighted by molar-refractivity contribution is 5.82. The lowest BCUT2D eigenvalue weighted by Gasteiger charge is -2.24. The average molecular weight is 242 g/mol. The summed E-state index contributed by atoms with van der Waals surface area (Å²) < 4.78 is 0. The monoisotopic (exact) mass is 242 g/mol. The van der Waals surface area contributed by atoms with Crippen LogP contribution in [0.3, 0.4) is 0 Å². The van der Waals surface area contributed by atoms with E-state index < -0.39 is 0 Å². The quantitative estimate of drug-likeness (QED) is 0.883. The van der Waals surface area contributed by atoms with Crippen LogP contribution in [0.4, 0.5) is 5.69 Å². The van der Waals surface area contributed by atoms with Gasteiger partial charge in [0.25, 0.3) is 0 Å². The van der Waals surface area contributed by atoms with Crippen molar-refractivity contribution >= 4 is 11.6 Å². The van der Waals surface area contributed by atoms with Gasteiger partial charge >= 0.3 is 0 Å². The first-order chi connectivity index (χ1) is 8.57. The van der Waals surface area contributed by atoms with Crippen molar-refractivity contribution in [1.29, 1.82) is 0 Å². The molecule has 1 aromatic carbocycles. The van der Waals surface area contributed by atoms with Crippen molar-refractivity contribution in [3.05, 3.63) is 54.9 Å². The maximum atomic E-state index is 11.9. The fourth-order valence-electron chi connectivity index (χ4n) is 1.64. The molecule has 1 amide bonds. The summed E-state index contributed by atoms with van der Waals surface area (Å²) in [4.78, 5) is 13.6. The lowest BCUT2D eigenvalue weighted by atomic mass is 9.92. The Morgan fingerprint density at radius 2 is 1.78 bits per heavy atom. The number of hydrogen-bond donors (Lipinski definition) is 1. The number of nitrogens with zero attached hydrogens (tertiary/aromatic N) is 1. The molecule has 2 rings (SSSR count). The van der Waals surface area contributed by atoms with Crippen LogP contribution < -0.4 is 5.32 Å². The van der Waals surface area contributed by atoms with E-state index in [1.807, 2.05) is 54.9 Å². The summed E-state index contributed by atoms with van der Waals surface area (Å²) in [5.41, 5.74) is 0.986. The molecule has 0 saturated heterocycles. The number of carbonyl (C=O) groups excluding carboxylic acids is 1. The van der Waals surface area contributed by atoms with Gasteiger partial charge in [-0.3, -0.25) is 9.69 Å². The lowest BCUT2D eigenvalue weighted by molar-refractivity contribution is -0.124. The molecule has 0 unspecified atom stereocenters. The number of amides is 1. The molecule has 3 nitrogen and oxygen atoms in total. The molecular formula is C15H18N2O. The number of para-hydroxylation sites is 1. The number of carbonyl (C=O) groups is 1. The summed E-state index contributed by atoms with van der Waals surface area (Å²) in [6.45, 7) is 4.49. The third-order valence-corrected chi connectivity index (χ3v) is 2.83. The molecule has 94 valence electrons. The second-order valence-corrected chi connectivity index (χ2v) is 4.97. The Bertz CT molecular complexity index is 459. The molecule has 0 fully saturated rings. The predicted octanol–water partition coefficient (Wildman–Crippen LogP) is 2.99. The molecule has 0 spiro atoms. The zero-order chi connectivity index (χ0) is 13.0. The van der Waals surface area contributed by atoms with Crippen molar-refractivity contribution in [3.63, 3.8) is 0 Å². The molecule has 0 aliphatic carbocycles. The number of nitrogens with one attached hydrogen (secondary N) is 1. The molecule has 0 saturated carbocycles. The number of rotatable bonds is 3. The molecule has 0 bridgehead atoms. The van der Waals surface area contributed by atoms with Crippen molar-refractivity contribution in [3.8, 4) is 0 Å². The van der Waals surface area contributed by atoms with Crippen LogP contribution in [0, 0.1) is 5.41 Å². The highest BCUT2D eigenvalue weighted by atomic mass is 16.2. The summed E-state index contributed by atoms with van der Waals surface area (Å²) in [7, 11) is 0. The van der Waals surface area contributed by atoms with Gasteiger partial charge in [0.05, 0.1) is 6.54 Å². The Balaban J connectivity index is 1.89. The molecule has 0 atom stereocenters. The lowest BCUT2D eigenvalue weighted by Crippen LogP contribution is -2.29. The van der Waals surface area contributed by atoms with Crippen molar-refractivity contribution < 1.29 is 4.79 Å². The molecule has 0 radical (unpaired) electrons. The molecule has 1 aliphatic heterocycles. The van der Waals surface area contributed by atoms with Gasteiger partial charge in [-0.15, -0.1) is 0 Å². The standard InChI is InChI=1S/C15H18N2O/c1-15(2)8-10-17(11-9-15)14(18)12-16-13-6-4-3-5-7-13/h3-11,16H,12H2,1-2H3. The maximum Gasteiger partial charge on any atom is 0.249 e. The maximum absolute atomic E-state index is 11.9. The van der Waals surface area contributed by atoms with Gasteiger partial charge in [0.2, 0.25) is 5.91 Å². The topological polar surface area (TPSA) is 32.3 Å². The minimum absolute atomic E-state index is 0.0295. The Kier molecular flexibility index (Phi) is 3.51. The minimum atomic E-state index is 0.0295. The van der Waals surface area contributed by atoms with Crippen LogP contribution in [0.25, 0.3) is 0 Å². The highest BCUT2D eigenvalue weighted by Gasteiger charge is 2.17. The molecule has 3 heteroatoms. The van der Waals surface area contributed by atoms with Gasteiger partial charge in [0.15, 0.2) is 0 Å². The van der Waals surface area contributed by atoms with E-state index >= 15 is 0 Å². The zero-order valence-corrected chi connectivity index (χ0v) is 10.8. The Labute approximate surface area is 108 Å². The first-order valence-corrected chi connectivity index (χ1v) is 6.06. The fourth-order valence-corrected chi connectivity index (χ4v) is 1.64. The second-order valence-electron chi connectivity index (χ2n) is 4.97. The normalized spacial score (nSPS) is 16.7.